The summed E-state index contributed by atoms with van der Waals surface area (Å²) in [5.41, 5.74) is 2.04. The molecule has 26 heavy (non-hydrogen) atoms. The van der Waals surface area contributed by atoms with Crippen LogP contribution in [0.25, 0.3) is 22.4 Å². The van der Waals surface area contributed by atoms with Gasteiger partial charge in [0.1, 0.15) is 5.58 Å². The summed E-state index contributed by atoms with van der Waals surface area (Å²) in [5.74, 6) is 0.982. The van der Waals surface area contributed by atoms with Crippen LogP contribution in [-0.4, -0.2) is 22.1 Å². The van der Waals surface area contributed by atoms with Crippen LogP contribution in [0.1, 0.15) is 11.5 Å². The van der Waals surface area contributed by atoms with Crippen LogP contribution in [0.3, 0.4) is 0 Å². The SMILES string of the molecule is CN(Cc1nnc(-c2ccccc2)o1)Cc1coc2ccccc2c1=O. The molecule has 2 heterocycles. The van der Waals surface area contributed by atoms with Crippen molar-refractivity contribution in [2.75, 3.05) is 7.05 Å². The standard InChI is InChI=1S/C20H17N3O3/c1-23(11-15-13-25-17-10-6-5-9-16(17)19(15)24)12-18-21-22-20(26-18)14-7-3-2-4-8-14/h2-10,13H,11-12H2,1H3. The summed E-state index contributed by atoms with van der Waals surface area (Å²) < 4.78 is 11.3. The zero-order valence-corrected chi connectivity index (χ0v) is 14.3. The summed E-state index contributed by atoms with van der Waals surface area (Å²) >= 11 is 0. The van der Waals surface area contributed by atoms with Crippen molar-refractivity contribution < 1.29 is 8.83 Å². The van der Waals surface area contributed by atoms with Crippen LogP contribution < -0.4 is 5.43 Å². The molecule has 0 atom stereocenters. The average Bonchev–Trinajstić information content (AvgIpc) is 3.13. The van der Waals surface area contributed by atoms with E-state index in [2.05, 4.69) is 10.2 Å². The van der Waals surface area contributed by atoms with Crippen molar-refractivity contribution in [2.45, 2.75) is 13.1 Å². The summed E-state index contributed by atoms with van der Waals surface area (Å²) in [5, 5.41) is 8.75. The highest BCUT2D eigenvalue weighted by molar-refractivity contribution is 5.76. The predicted octanol–water partition coefficient (Wildman–Crippen LogP) is 3.48. The molecule has 0 unspecified atom stereocenters. The van der Waals surface area contributed by atoms with Gasteiger partial charge < -0.3 is 8.83 Å². The fraction of sp³-hybridized carbons (Fsp3) is 0.150. The van der Waals surface area contributed by atoms with Crippen molar-refractivity contribution in [2.24, 2.45) is 0 Å². The predicted molar refractivity (Wildman–Crippen MR) is 97.4 cm³/mol. The number of fused-ring (bicyclic) bond motifs is 1. The topological polar surface area (TPSA) is 72.4 Å². The summed E-state index contributed by atoms with van der Waals surface area (Å²) in [7, 11) is 1.89. The quantitative estimate of drug-likeness (QED) is 0.550. The Labute approximate surface area is 149 Å². The van der Waals surface area contributed by atoms with Crippen LogP contribution in [0.4, 0.5) is 0 Å². The normalized spacial score (nSPS) is 11.3. The third-order valence-corrected chi connectivity index (χ3v) is 4.08. The zero-order chi connectivity index (χ0) is 17.9. The number of para-hydroxylation sites is 1. The minimum atomic E-state index is -0.0193. The lowest BCUT2D eigenvalue weighted by atomic mass is 10.1. The monoisotopic (exact) mass is 347 g/mol. The van der Waals surface area contributed by atoms with Crippen LogP contribution in [0, 0.1) is 0 Å². The maximum atomic E-state index is 12.6. The Hall–Kier alpha value is -3.25. The van der Waals surface area contributed by atoms with Gasteiger partial charge in [-0.25, -0.2) is 0 Å². The molecule has 0 saturated carbocycles. The van der Waals surface area contributed by atoms with Crippen LogP contribution in [0.15, 0.2) is 74.5 Å². The molecule has 0 aliphatic carbocycles. The summed E-state index contributed by atoms with van der Waals surface area (Å²) in [6.45, 7) is 0.863. The average molecular weight is 347 g/mol. The maximum absolute atomic E-state index is 12.6. The highest BCUT2D eigenvalue weighted by Crippen LogP contribution is 2.18. The van der Waals surface area contributed by atoms with Crippen molar-refractivity contribution in [3.05, 3.63) is 82.5 Å². The molecule has 4 aromatic rings. The van der Waals surface area contributed by atoms with Crippen molar-refractivity contribution in [1.29, 1.82) is 0 Å². The molecular weight excluding hydrogens is 330 g/mol. The number of nitrogens with zero attached hydrogens (tertiary/aromatic N) is 3. The first-order valence-corrected chi connectivity index (χ1v) is 8.26. The van der Waals surface area contributed by atoms with E-state index in [4.69, 9.17) is 8.83 Å². The lowest BCUT2D eigenvalue weighted by Gasteiger charge is -2.13. The fourth-order valence-corrected chi connectivity index (χ4v) is 2.82. The fourth-order valence-electron chi connectivity index (χ4n) is 2.82. The Morgan fingerprint density at radius 1 is 0.962 bits per heavy atom. The molecule has 0 saturated heterocycles. The van der Waals surface area contributed by atoms with E-state index in [-0.39, 0.29) is 5.43 Å². The molecule has 0 fully saturated rings. The Bertz CT molecular complexity index is 1090. The van der Waals surface area contributed by atoms with Gasteiger partial charge in [-0.2, -0.15) is 0 Å². The van der Waals surface area contributed by atoms with E-state index in [0.29, 0.717) is 41.4 Å². The number of hydrogen-bond acceptors (Lipinski definition) is 6. The smallest absolute Gasteiger partial charge is 0.247 e. The van der Waals surface area contributed by atoms with Crippen LogP contribution in [-0.2, 0) is 13.1 Å². The third-order valence-electron chi connectivity index (χ3n) is 4.08. The van der Waals surface area contributed by atoms with Gasteiger partial charge in [0.25, 0.3) is 0 Å². The molecule has 0 spiro atoms. The van der Waals surface area contributed by atoms with Gasteiger partial charge >= 0.3 is 0 Å². The van der Waals surface area contributed by atoms with Gasteiger partial charge in [0, 0.05) is 17.7 Å². The summed E-state index contributed by atoms with van der Waals surface area (Å²) in [4.78, 5) is 14.5. The number of benzene rings is 2. The Kier molecular flexibility index (Phi) is 4.33. The van der Waals surface area contributed by atoms with Crippen molar-refractivity contribution in [3.8, 4) is 11.5 Å². The van der Waals surface area contributed by atoms with E-state index in [1.54, 1.807) is 12.1 Å². The molecule has 0 N–H and O–H groups in total. The lowest BCUT2D eigenvalue weighted by molar-refractivity contribution is 0.280. The van der Waals surface area contributed by atoms with E-state index < -0.39 is 0 Å². The van der Waals surface area contributed by atoms with Crippen molar-refractivity contribution in [3.63, 3.8) is 0 Å². The van der Waals surface area contributed by atoms with E-state index in [0.717, 1.165) is 5.56 Å². The van der Waals surface area contributed by atoms with E-state index in [9.17, 15) is 4.79 Å². The van der Waals surface area contributed by atoms with Crippen LogP contribution in [0.5, 0.6) is 0 Å². The number of hydrogen-bond donors (Lipinski definition) is 0. The van der Waals surface area contributed by atoms with Gasteiger partial charge in [-0.05, 0) is 31.3 Å². The first-order chi connectivity index (χ1) is 12.7. The second kappa shape index (κ2) is 6.93. The van der Waals surface area contributed by atoms with E-state index >= 15 is 0 Å². The molecule has 4 rings (SSSR count). The second-order valence-corrected chi connectivity index (χ2v) is 6.13. The van der Waals surface area contributed by atoms with E-state index in [1.165, 1.54) is 6.26 Å². The Morgan fingerprint density at radius 2 is 1.73 bits per heavy atom. The molecule has 130 valence electrons. The highest BCUT2D eigenvalue weighted by Gasteiger charge is 2.13. The molecule has 0 bridgehead atoms. The van der Waals surface area contributed by atoms with Gasteiger partial charge in [-0.1, -0.05) is 30.3 Å². The molecule has 6 nitrogen and oxygen atoms in total. The lowest BCUT2D eigenvalue weighted by Crippen LogP contribution is -2.22. The third kappa shape index (κ3) is 3.27. The molecule has 6 heteroatoms. The molecule has 0 amide bonds. The first-order valence-electron chi connectivity index (χ1n) is 8.26. The van der Waals surface area contributed by atoms with Gasteiger partial charge in [0.05, 0.1) is 18.2 Å². The second-order valence-electron chi connectivity index (χ2n) is 6.13. The molecule has 2 aromatic carbocycles. The number of rotatable bonds is 5. The zero-order valence-electron chi connectivity index (χ0n) is 14.3. The minimum absolute atomic E-state index is 0.0193. The summed E-state index contributed by atoms with van der Waals surface area (Å²) in [6, 6.07) is 16.8. The minimum Gasteiger partial charge on any atom is -0.464 e. The van der Waals surface area contributed by atoms with Crippen LogP contribution >= 0.6 is 0 Å². The molecule has 0 aliphatic heterocycles. The van der Waals surface area contributed by atoms with Crippen LogP contribution in [0.2, 0.25) is 0 Å². The first kappa shape index (κ1) is 16.2. The highest BCUT2D eigenvalue weighted by atomic mass is 16.4. The van der Waals surface area contributed by atoms with E-state index in [1.807, 2.05) is 54.4 Å². The van der Waals surface area contributed by atoms with Crippen molar-refractivity contribution in [1.82, 2.24) is 15.1 Å². The number of aromatic nitrogens is 2. The molecule has 0 aliphatic rings. The molecule has 0 radical (unpaired) electrons. The molecule has 2 aromatic heterocycles. The van der Waals surface area contributed by atoms with Gasteiger partial charge in [-0.15, -0.1) is 10.2 Å². The van der Waals surface area contributed by atoms with Gasteiger partial charge in [-0.3, -0.25) is 9.69 Å². The summed E-state index contributed by atoms with van der Waals surface area (Å²) in [6.07, 6.45) is 1.52. The Morgan fingerprint density at radius 3 is 2.58 bits per heavy atom. The van der Waals surface area contributed by atoms with Gasteiger partial charge in [0.15, 0.2) is 5.43 Å². The van der Waals surface area contributed by atoms with Crippen molar-refractivity contribution >= 4 is 11.0 Å². The molecular formula is C20H17N3O3. The van der Waals surface area contributed by atoms with Gasteiger partial charge in [0.2, 0.25) is 11.8 Å². The maximum Gasteiger partial charge on any atom is 0.247 e. The largest absolute Gasteiger partial charge is 0.464 e. The Balaban J connectivity index is 1.49.